The maximum Gasteiger partial charge on any atom is 0.249 e. The molecule has 0 spiro atoms. The number of nitrogens with zero attached hydrogens (tertiary/aromatic N) is 5. The fourth-order valence-corrected chi connectivity index (χ4v) is 2.30. The SMILES string of the molecule is Cn1cccc1CNC(=O)[C@@H](c1ccccc1)n1cnnn1. The van der Waals surface area contributed by atoms with Crippen LogP contribution in [-0.4, -0.2) is 30.7 Å². The van der Waals surface area contributed by atoms with Gasteiger partial charge in [-0.2, -0.15) is 0 Å². The largest absolute Gasteiger partial charge is 0.353 e. The van der Waals surface area contributed by atoms with Gasteiger partial charge in [-0.05, 0) is 28.1 Å². The Balaban J connectivity index is 1.80. The molecule has 1 aromatic carbocycles. The van der Waals surface area contributed by atoms with Crippen molar-refractivity contribution < 1.29 is 4.79 Å². The second-order valence-electron chi connectivity index (χ2n) is 4.93. The van der Waals surface area contributed by atoms with Gasteiger partial charge in [-0.3, -0.25) is 4.79 Å². The van der Waals surface area contributed by atoms with Gasteiger partial charge in [0.15, 0.2) is 6.04 Å². The number of nitrogens with one attached hydrogen (secondary N) is 1. The Kier molecular flexibility index (Phi) is 3.95. The van der Waals surface area contributed by atoms with Gasteiger partial charge in [-0.1, -0.05) is 30.3 Å². The first-order valence-corrected chi connectivity index (χ1v) is 6.91. The van der Waals surface area contributed by atoms with E-state index in [9.17, 15) is 4.79 Å². The number of tetrazole rings is 1. The molecule has 0 unspecified atom stereocenters. The zero-order chi connectivity index (χ0) is 15.4. The highest BCUT2D eigenvalue weighted by Gasteiger charge is 2.23. The van der Waals surface area contributed by atoms with E-state index in [1.165, 1.54) is 11.0 Å². The summed E-state index contributed by atoms with van der Waals surface area (Å²) in [5.41, 5.74) is 1.86. The topological polar surface area (TPSA) is 77.6 Å². The number of hydrogen-bond acceptors (Lipinski definition) is 4. The third-order valence-electron chi connectivity index (χ3n) is 3.49. The molecule has 0 saturated heterocycles. The van der Waals surface area contributed by atoms with E-state index < -0.39 is 6.04 Å². The van der Waals surface area contributed by atoms with Crippen molar-refractivity contribution in [1.82, 2.24) is 30.1 Å². The molecular weight excluding hydrogens is 280 g/mol. The fourth-order valence-electron chi connectivity index (χ4n) is 2.30. The second kappa shape index (κ2) is 6.21. The first kappa shape index (κ1) is 14.0. The summed E-state index contributed by atoms with van der Waals surface area (Å²) in [4.78, 5) is 12.6. The van der Waals surface area contributed by atoms with Gasteiger partial charge < -0.3 is 9.88 Å². The van der Waals surface area contributed by atoms with Crippen LogP contribution in [-0.2, 0) is 18.4 Å². The Morgan fingerprint density at radius 2 is 2.05 bits per heavy atom. The number of hydrogen-bond donors (Lipinski definition) is 1. The number of amides is 1. The van der Waals surface area contributed by atoms with Gasteiger partial charge in [0.05, 0.1) is 6.54 Å². The van der Waals surface area contributed by atoms with Crippen molar-refractivity contribution in [3.05, 3.63) is 66.2 Å². The van der Waals surface area contributed by atoms with Crippen molar-refractivity contribution in [3.8, 4) is 0 Å². The van der Waals surface area contributed by atoms with E-state index in [0.717, 1.165) is 11.3 Å². The van der Waals surface area contributed by atoms with E-state index in [-0.39, 0.29) is 5.91 Å². The maximum absolute atomic E-state index is 12.6. The van der Waals surface area contributed by atoms with Crippen molar-refractivity contribution in [2.75, 3.05) is 0 Å². The molecule has 7 nitrogen and oxygen atoms in total. The summed E-state index contributed by atoms with van der Waals surface area (Å²) < 4.78 is 3.42. The first-order chi connectivity index (χ1) is 10.8. The highest BCUT2D eigenvalue weighted by molar-refractivity contribution is 5.83. The molecular formula is C15H16N6O. The molecule has 0 saturated carbocycles. The highest BCUT2D eigenvalue weighted by atomic mass is 16.2. The summed E-state index contributed by atoms with van der Waals surface area (Å²) in [5.74, 6) is -0.153. The third kappa shape index (κ3) is 2.88. The number of rotatable bonds is 5. The Labute approximate surface area is 127 Å². The summed E-state index contributed by atoms with van der Waals surface area (Å²) in [6.07, 6.45) is 3.39. The monoisotopic (exact) mass is 296 g/mol. The molecule has 1 N–H and O–H groups in total. The average molecular weight is 296 g/mol. The molecule has 0 fully saturated rings. The van der Waals surface area contributed by atoms with Crippen LogP contribution in [0.3, 0.4) is 0 Å². The Morgan fingerprint density at radius 1 is 1.23 bits per heavy atom. The van der Waals surface area contributed by atoms with Crippen molar-refractivity contribution in [2.24, 2.45) is 7.05 Å². The van der Waals surface area contributed by atoms with Crippen LogP contribution in [0.15, 0.2) is 55.0 Å². The van der Waals surface area contributed by atoms with Gasteiger partial charge in [-0.25, -0.2) is 4.68 Å². The number of aryl methyl sites for hydroxylation is 1. The van der Waals surface area contributed by atoms with Crippen molar-refractivity contribution in [3.63, 3.8) is 0 Å². The summed E-state index contributed by atoms with van der Waals surface area (Å²) in [6.45, 7) is 0.452. The van der Waals surface area contributed by atoms with Crippen LogP contribution in [0.1, 0.15) is 17.3 Å². The lowest BCUT2D eigenvalue weighted by Crippen LogP contribution is -2.33. The summed E-state index contributed by atoms with van der Waals surface area (Å²) in [6, 6.07) is 12.8. The van der Waals surface area contributed by atoms with Crippen molar-refractivity contribution >= 4 is 5.91 Å². The average Bonchev–Trinajstić information content (AvgIpc) is 3.19. The minimum atomic E-state index is -0.587. The smallest absolute Gasteiger partial charge is 0.249 e. The predicted octanol–water partition coefficient (Wildman–Crippen LogP) is 0.917. The van der Waals surface area contributed by atoms with Gasteiger partial charge in [0.1, 0.15) is 6.33 Å². The minimum absolute atomic E-state index is 0.153. The number of carbonyl (C=O) groups is 1. The summed E-state index contributed by atoms with van der Waals surface area (Å²) >= 11 is 0. The Morgan fingerprint density at radius 3 is 2.68 bits per heavy atom. The molecule has 2 aromatic heterocycles. The van der Waals surface area contributed by atoms with Crippen molar-refractivity contribution in [2.45, 2.75) is 12.6 Å². The molecule has 0 bridgehead atoms. The van der Waals surface area contributed by atoms with Crippen LogP contribution in [0.25, 0.3) is 0 Å². The van der Waals surface area contributed by atoms with E-state index in [0.29, 0.717) is 6.54 Å². The minimum Gasteiger partial charge on any atom is -0.353 e. The van der Waals surface area contributed by atoms with Crippen LogP contribution in [0.5, 0.6) is 0 Å². The Bertz CT molecular complexity index is 735. The predicted molar refractivity (Wildman–Crippen MR) is 79.7 cm³/mol. The van der Waals surface area contributed by atoms with E-state index in [1.807, 2.05) is 60.3 Å². The third-order valence-corrected chi connectivity index (χ3v) is 3.49. The van der Waals surface area contributed by atoms with E-state index >= 15 is 0 Å². The molecule has 0 radical (unpaired) electrons. The first-order valence-electron chi connectivity index (χ1n) is 6.91. The van der Waals surface area contributed by atoms with Crippen LogP contribution >= 0.6 is 0 Å². The zero-order valence-electron chi connectivity index (χ0n) is 12.1. The lowest BCUT2D eigenvalue weighted by molar-refractivity contribution is -0.123. The molecule has 1 amide bonds. The molecule has 3 aromatic rings. The molecule has 3 rings (SSSR count). The van der Waals surface area contributed by atoms with Gasteiger partial charge >= 0.3 is 0 Å². The highest BCUT2D eigenvalue weighted by Crippen LogP contribution is 2.17. The van der Waals surface area contributed by atoms with Crippen LogP contribution in [0.2, 0.25) is 0 Å². The van der Waals surface area contributed by atoms with Crippen LogP contribution in [0, 0.1) is 0 Å². The zero-order valence-corrected chi connectivity index (χ0v) is 12.1. The number of carbonyl (C=O) groups excluding carboxylic acids is 1. The van der Waals surface area contributed by atoms with Gasteiger partial charge in [-0.15, -0.1) is 5.10 Å². The molecule has 7 heteroatoms. The number of aromatic nitrogens is 5. The number of benzene rings is 1. The lowest BCUT2D eigenvalue weighted by Gasteiger charge is -2.16. The maximum atomic E-state index is 12.6. The normalized spacial score (nSPS) is 12.0. The lowest BCUT2D eigenvalue weighted by atomic mass is 10.1. The van der Waals surface area contributed by atoms with E-state index in [1.54, 1.807) is 0 Å². The van der Waals surface area contributed by atoms with E-state index in [2.05, 4.69) is 20.8 Å². The molecule has 2 heterocycles. The molecule has 0 aliphatic rings. The standard InChI is InChI=1S/C15H16N6O/c1-20-9-5-8-13(20)10-16-15(22)14(21-11-17-18-19-21)12-6-3-2-4-7-12/h2-9,11,14H,10H2,1H3,(H,16,22)/t14-/m1/s1. The molecule has 1 atom stereocenters. The molecule has 22 heavy (non-hydrogen) atoms. The van der Waals surface area contributed by atoms with Crippen LogP contribution < -0.4 is 5.32 Å². The molecule has 0 aliphatic carbocycles. The van der Waals surface area contributed by atoms with E-state index in [4.69, 9.17) is 0 Å². The van der Waals surface area contributed by atoms with Crippen molar-refractivity contribution in [1.29, 1.82) is 0 Å². The molecule has 112 valence electrons. The van der Waals surface area contributed by atoms with Gasteiger partial charge in [0, 0.05) is 18.9 Å². The summed E-state index contributed by atoms with van der Waals surface area (Å²) in [7, 11) is 1.94. The van der Waals surface area contributed by atoms with Gasteiger partial charge in [0.2, 0.25) is 5.91 Å². The Hall–Kier alpha value is -2.96. The summed E-state index contributed by atoms with van der Waals surface area (Å²) in [5, 5.41) is 14.0. The van der Waals surface area contributed by atoms with Crippen LogP contribution in [0.4, 0.5) is 0 Å². The van der Waals surface area contributed by atoms with Gasteiger partial charge in [0.25, 0.3) is 0 Å². The fraction of sp³-hybridized carbons (Fsp3) is 0.200. The second-order valence-corrected chi connectivity index (χ2v) is 4.93. The quantitative estimate of drug-likeness (QED) is 0.759. The molecule has 0 aliphatic heterocycles.